The van der Waals surface area contributed by atoms with E-state index in [4.69, 9.17) is 5.73 Å². The van der Waals surface area contributed by atoms with Crippen LogP contribution in [0, 0.1) is 0 Å². The third kappa shape index (κ3) is 7.62. The summed E-state index contributed by atoms with van der Waals surface area (Å²) in [5, 5.41) is 3.05. The molecule has 23 heavy (non-hydrogen) atoms. The maximum atomic E-state index is 12.0. The van der Waals surface area contributed by atoms with Crippen LogP contribution in [0.5, 0.6) is 0 Å². The molecule has 0 unspecified atom stereocenters. The molecule has 0 radical (unpaired) electrons. The Hall–Kier alpha value is -1.38. The van der Waals surface area contributed by atoms with E-state index in [0.29, 0.717) is 25.5 Å². The number of aromatic nitrogens is 1. The highest BCUT2D eigenvalue weighted by Gasteiger charge is 2.15. The lowest BCUT2D eigenvalue weighted by molar-refractivity contribution is -0.131. The summed E-state index contributed by atoms with van der Waals surface area (Å²) in [7, 11) is 0. The fourth-order valence-electron chi connectivity index (χ4n) is 2.49. The van der Waals surface area contributed by atoms with Crippen molar-refractivity contribution in [2.75, 3.05) is 26.2 Å². The molecule has 1 aromatic heterocycles. The van der Waals surface area contributed by atoms with Gasteiger partial charge in [-0.3, -0.25) is 14.8 Å². The van der Waals surface area contributed by atoms with E-state index >= 15 is 0 Å². The van der Waals surface area contributed by atoms with E-state index in [2.05, 4.69) is 15.3 Å². The van der Waals surface area contributed by atoms with Crippen molar-refractivity contribution < 1.29 is 4.79 Å². The van der Waals surface area contributed by atoms with Crippen LogP contribution in [0.25, 0.3) is 0 Å². The molecular formula is C16H26IN5O. The lowest BCUT2D eigenvalue weighted by Gasteiger charge is -2.26. The number of carbonyl (C=O) groups excluding carboxylic acids is 1. The zero-order chi connectivity index (χ0) is 15.6. The largest absolute Gasteiger partial charge is 0.370 e. The first-order chi connectivity index (χ1) is 10.8. The Morgan fingerprint density at radius 3 is 2.78 bits per heavy atom. The Balaban J connectivity index is 0.00000264. The quantitative estimate of drug-likeness (QED) is 0.407. The van der Waals surface area contributed by atoms with E-state index in [-0.39, 0.29) is 29.9 Å². The normalized spacial score (nSPS) is 15.0. The number of guanidine groups is 1. The van der Waals surface area contributed by atoms with Crippen molar-refractivity contribution in [3.63, 3.8) is 0 Å². The fourth-order valence-corrected chi connectivity index (χ4v) is 2.49. The zero-order valence-corrected chi connectivity index (χ0v) is 15.7. The van der Waals surface area contributed by atoms with Crippen LogP contribution < -0.4 is 11.1 Å². The summed E-state index contributed by atoms with van der Waals surface area (Å²) < 4.78 is 0. The molecule has 0 aromatic carbocycles. The van der Waals surface area contributed by atoms with Crippen LogP contribution in [-0.4, -0.2) is 47.9 Å². The van der Waals surface area contributed by atoms with Gasteiger partial charge < -0.3 is 16.0 Å². The number of nitrogens with zero attached hydrogens (tertiary/aromatic N) is 3. The lowest BCUT2D eigenvalue weighted by Crippen LogP contribution is -2.36. The van der Waals surface area contributed by atoms with Gasteiger partial charge in [-0.1, -0.05) is 6.07 Å². The minimum atomic E-state index is 0. The molecule has 2 rings (SSSR count). The van der Waals surface area contributed by atoms with Gasteiger partial charge in [-0.15, -0.1) is 24.0 Å². The van der Waals surface area contributed by atoms with Gasteiger partial charge in [0.15, 0.2) is 5.96 Å². The van der Waals surface area contributed by atoms with Crippen LogP contribution in [0.2, 0.25) is 0 Å². The van der Waals surface area contributed by atoms with Gasteiger partial charge in [0.2, 0.25) is 5.91 Å². The maximum Gasteiger partial charge on any atom is 0.224 e. The smallest absolute Gasteiger partial charge is 0.224 e. The van der Waals surface area contributed by atoms with Crippen molar-refractivity contribution in [2.24, 2.45) is 10.7 Å². The molecule has 1 aromatic rings. The van der Waals surface area contributed by atoms with Gasteiger partial charge in [0.25, 0.3) is 0 Å². The number of rotatable bonds is 6. The van der Waals surface area contributed by atoms with Crippen LogP contribution in [-0.2, 0) is 11.2 Å². The number of nitrogens with one attached hydrogen (secondary N) is 1. The summed E-state index contributed by atoms with van der Waals surface area (Å²) in [5.41, 5.74) is 6.81. The molecule has 1 aliphatic rings. The van der Waals surface area contributed by atoms with Gasteiger partial charge in [-0.2, -0.15) is 0 Å². The average Bonchev–Trinajstić information content (AvgIpc) is 2.56. The van der Waals surface area contributed by atoms with Gasteiger partial charge in [-0.25, -0.2) is 0 Å². The van der Waals surface area contributed by atoms with Crippen LogP contribution in [0.3, 0.4) is 0 Å². The van der Waals surface area contributed by atoms with Gasteiger partial charge in [0, 0.05) is 44.4 Å². The Labute approximate surface area is 155 Å². The molecule has 0 bridgehead atoms. The number of likely N-dealkylation sites (tertiary alicyclic amines) is 1. The van der Waals surface area contributed by atoms with E-state index in [0.717, 1.165) is 38.0 Å². The number of pyridine rings is 1. The molecule has 1 saturated heterocycles. The third-order valence-electron chi connectivity index (χ3n) is 3.73. The van der Waals surface area contributed by atoms with Crippen LogP contribution in [0.1, 0.15) is 31.4 Å². The van der Waals surface area contributed by atoms with Gasteiger partial charge in [0.05, 0.1) is 6.54 Å². The molecule has 0 spiro atoms. The molecule has 7 heteroatoms. The zero-order valence-electron chi connectivity index (χ0n) is 13.4. The SMILES string of the molecule is I.NC(=NCCC(=O)N1CCCCC1)NCCc1ccccn1. The number of nitrogens with two attached hydrogens (primary N) is 1. The monoisotopic (exact) mass is 431 g/mol. The molecule has 3 N–H and O–H groups in total. The summed E-state index contributed by atoms with van der Waals surface area (Å²) in [5.74, 6) is 0.576. The fraction of sp³-hybridized carbons (Fsp3) is 0.562. The minimum absolute atomic E-state index is 0. The van der Waals surface area contributed by atoms with Crippen LogP contribution >= 0.6 is 24.0 Å². The van der Waals surface area contributed by atoms with E-state index in [1.165, 1.54) is 6.42 Å². The molecule has 128 valence electrons. The first kappa shape index (κ1) is 19.7. The number of aliphatic imine (C=N–C) groups is 1. The minimum Gasteiger partial charge on any atom is -0.370 e. The standard InChI is InChI=1S/C16H25N5O.HI/c17-16(19-10-7-14-6-2-3-9-18-14)20-11-8-15(22)21-12-4-1-5-13-21;/h2-3,6,9H,1,4-5,7-8,10-13H2,(H3,17,19,20);1H. The lowest BCUT2D eigenvalue weighted by atomic mass is 10.1. The number of piperidine rings is 1. The summed E-state index contributed by atoms with van der Waals surface area (Å²) in [6.07, 6.45) is 6.47. The molecular weight excluding hydrogens is 405 g/mol. The predicted octanol–water partition coefficient (Wildman–Crippen LogP) is 1.55. The number of hydrogen-bond donors (Lipinski definition) is 2. The maximum absolute atomic E-state index is 12.0. The number of hydrogen-bond acceptors (Lipinski definition) is 3. The molecule has 0 aliphatic carbocycles. The summed E-state index contributed by atoms with van der Waals surface area (Å²) in [6, 6.07) is 5.84. The van der Waals surface area contributed by atoms with Crippen molar-refractivity contribution in [1.29, 1.82) is 0 Å². The first-order valence-electron chi connectivity index (χ1n) is 7.97. The van der Waals surface area contributed by atoms with E-state index in [9.17, 15) is 4.79 Å². The Morgan fingerprint density at radius 1 is 1.30 bits per heavy atom. The number of halogens is 1. The second-order valence-corrected chi connectivity index (χ2v) is 5.46. The van der Waals surface area contributed by atoms with E-state index < -0.39 is 0 Å². The highest BCUT2D eigenvalue weighted by atomic mass is 127. The van der Waals surface area contributed by atoms with Gasteiger partial charge >= 0.3 is 0 Å². The number of amides is 1. The van der Waals surface area contributed by atoms with Crippen LogP contribution in [0.4, 0.5) is 0 Å². The van der Waals surface area contributed by atoms with E-state index in [1.807, 2.05) is 23.1 Å². The molecule has 1 fully saturated rings. The Bertz CT molecular complexity index is 489. The topological polar surface area (TPSA) is 83.6 Å². The molecule has 1 aliphatic heterocycles. The Kier molecular flexibility index (Phi) is 9.58. The summed E-state index contributed by atoms with van der Waals surface area (Å²) >= 11 is 0. The highest BCUT2D eigenvalue weighted by molar-refractivity contribution is 14.0. The highest BCUT2D eigenvalue weighted by Crippen LogP contribution is 2.09. The predicted molar refractivity (Wildman–Crippen MR) is 103 cm³/mol. The van der Waals surface area contributed by atoms with Gasteiger partial charge in [0.1, 0.15) is 0 Å². The van der Waals surface area contributed by atoms with Crippen molar-refractivity contribution >= 4 is 35.8 Å². The second-order valence-electron chi connectivity index (χ2n) is 5.46. The summed E-state index contributed by atoms with van der Waals surface area (Å²) in [6.45, 7) is 2.91. The van der Waals surface area contributed by atoms with E-state index in [1.54, 1.807) is 6.20 Å². The molecule has 0 saturated carbocycles. The van der Waals surface area contributed by atoms with Crippen LogP contribution in [0.15, 0.2) is 29.4 Å². The molecule has 1 amide bonds. The first-order valence-corrected chi connectivity index (χ1v) is 7.97. The summed E-state index contributed by atoms with van der Waals surface area (Å²) in [4.78, 5) is 22.3. The third-order valence-corrected chi connectivity index (χ3v) is 3.73. The second kappa shape index (κ2) is 11.2. The van der Waals surface area contributed by atoms with Crippen molar-refractivity contribution in [2.45, 2.75) is 32.1 Å². The van der Waals surface area contributed by atoms with Crippen molar-refractivity contribution in [3.8, 4) is 0 Å². The average molecular weight is 431 g/mol. The van der Waals surface area contributed by atoms with Crippen molar-refractivity contribution in [1.82, 2.24) is 15.2 Å². The molecule has 6 nitrogen and oxygen atoms in total. The van der Waals surface area contributed by atoms with Crippen molar-refractivity contribution in [3.05, 3.63) is 30.1 Å². The van der Waals surface area contributed by atoms with Gasteiger partial charge in [-0.05, 0) is 31.4 Å². The number of carbonyl (C=O) groups is 1. The Morgan fingerprint density at radius 2 is 2.09 bits per heavy atom. The molecule has 2 heterocycles. The molecule has 0 atom stereocenters.